The summed E-state index contributed by atoms with van der Waals surface area (Å²) in [6.07, 6.45) is 1.56. The Kier molecular flexibility index (Phi) is 5.45. The molecule has 1 heterocycles. The van der Waals surface area contributed by atoms with Crippen LogP contribution in [0.2, 0.25) is 5.02 Å². The van der Waals surface area contributed by atoms with E-state index in [1.807, 2.05) is 18.2 Å². The number of amides is 1. The lowest BCUT2D eigenvalue weighted by atomic mass is 10.1. The van der Waals surface area contributed by atoms with E-state index in [0.29, 0.717) is 22.4 Å². The maximum atomic E-state index is 12.2. The highest BCUT2D eigenvalue weighted by atomic mass is 35.5. The van der Waals surface area contributed by atoms with Gasteiger partial charge in [0.15, 0.2) is 5.13 Å². The minimum Gasteiger partial charge on any atom is -0.375 e. The summed E-state index contributed by atoms with van der Waals surface area (Å²) in [5, 5.41) is 19.7. The van der Waals surface area contributed by atoms with Crippen molar-refractivity contribution in [2.75, 3.05) is 10.6 Å². The first-order valence-corrected chi connectivity index (χ1v) is 8.77. The van der Waals surface area contributed by atoms with E-state index in [9.17, 15) is 14.9 Å². The molecule has 2 N–H and O–H groups in total. The van der Waals surface area contributed by atoms with Gasteiger partial charge >= 0.3 is 0 Å². The predicted molar refractivity (Wildman–Crippen MR) is 102 cm³/mol. The van der Waals surface area contributed by atoms with Crippen LogP contribution in [0.1, 0.15) is 15.9 Å². The monoisotopic (exact) mass is 388 g/mol. The summed E-state index contributed by atoms with van der Waals surface area (Å²) in [4.78, 5) is 27.0. The molecule has 0 saturated heterocycles. The van der Waals surface area contributed by atoms with E-state index < -0.39 is 10.8 Å². The maximum Gasteiger partial charge on any atom is 0.293 e. The van der Waals surface area contributed by atoms with E-state index in [1.165, 1.54) is 29.5 Å². The van der Waals surface area contributed by atoms with Crippen LogP contribution in [0.4, 0.5) is 16.5 Å². The molecule has 0 spiro atoms. The van der Waals surface area contributed by atoms with Crippen molar-refractivity contribution >= 4 is 45.4 Å². The highest BCUT2D eigenvalue weighted by Gasteiger charge is 2.18. The van der Waals surface area contributed by atoms with E-state index >= 15 is 0 Å². The fourth-order valence-electron chi connectivity index (χ4n) is 2.26. The quantitative estimate of drug-likeness (QED) is 0.476. The lowest BCUT2D eigenvalue weighted by molar-refractivity contribution is -0.384. The van der Waals surface area contributed by atoms with Crippen LogP contribution in [-0.2, 0) is 6.54 Å². The SMILES string of the molecule is O=C(Nc1nccs1)c1ccc(NCc2ccccc2Cl)c([N+](=O)[O-])c1. The van der Waals surface area contributed by atoms with Gasteiger partial charge in [-0.05, 0) is 23.8 Å². The van der Waals surface area contributed by atoms with E-state index in [4.69, 9.17) is 11.6 Å². The summed E-state index contributed by atoms with van der Waals surface area (Å²) in [5.41, 5.74) is 1.11. The number of carbonyl (C=O) groups is 1. The lowest BCUT2D eigenvalue weighted by Gasteiger charge is -2.10. The number of nitro groups is 1. The first-order valence-electron chi connectivity index (χ1n) is 7.51. The molecule has 0 bridgehead atoms. The molecule has 26 heavy (non-hydrogen) atoms. The molecule has 0 fully saturated rings. The minimum absolute atomic E-state index is 0.176. The summed E-state index contributed by atoms with van der Waals surface area (Å²) >= 11 is 7.36. The van der Waals surface area contributed by atoms with E-state index in [0.717, 1.165) is 5.56 Å². The van der Waals surface area contributed by atoms with Crippen molar-refractivity contribution in [3.63, 3.8) is 0 Å². The molecule has 0 saturated carbocycles. The predicted octanol–water partition coefficient (Wildman–Crippen LogP) is 4.57. The molecule has 0 atom stereocenters. The number of halogens is 1. The van der Waals surface area contributed by atoms with Gasteiger partial charge in [0.2, 0.25) is 0 Å². The van der Waals surface area contributed by atoms with Crippen molar-refractivity contribution < 1.29 is 9.72 Å². The van der Waals surface area contributed by atoms with Crippen LogP contribution in [0.5, 0.6) is 0 Å². The van der Waals surface area contributed by atoms with Crippen LogP contribution >= 0.6 is 22.9 Å². The minimum atomic E-state index is -0.533. The fourth-order valence-corrected chi connectivity index (χ4v) is 2.99. The number of nitrogens with one attached hydrogen (secondary N) is 2. The second kappa shape index (κ2) is 7.94. The van der Waals surface area contributed by atoms with Crippen molar-refractivity contribution in [3.8, 4) is 0 Å². The van der Waals surface area contributed by atoms with Crippen molar-refractivity contribution in [1.82, 2.24) is 4.98 Å². The van der Waals surface area contributed by atoms with Crippen molar-refractivity contribution in [3.05, 3.63) is 80.3 Å². The average Bonchev–Trinajstić information content (AvgIpc) is 3.13. The van der Waals surface area contributed by atoms with Gasteiger partial charge in [0.1, 0.15) is 5.69 Å². The third-order valence-corrected chi connectivity index (χ3v) is 4.59. The summed E-state index contributed by atoms with van der Waals surface area (Å²) in [7, 11) is 0. The molecule has 7 nitrogen and oxygen atoms in total. The molecule has 3 aromatic rings. The van der Waals surface area contributed by atoms with Crippen molar-refractivity contribution in [2.24, 2.45) is 0 Å². The van der Waals surface area contributed by atoms with Gasteiger partial charge in [0, 0.05) is 34.8 Å². The molecule has 0 radical (unpaired) electrons. The third-order valence-electron chi connectivity index (χ3n) is 3.54. The van der Waals surface area contributed by atoms with Crippen LogP contribution in [0, 0.1) is 10.1 Å². The molecule has 1 aromatic heterocycles. The van der Waals surface area contributed by atoms with Gasteiger partial charge in [0.25, 0.3) is 11.6 Å². The number of thiazole rings is 1. The molecule has 3 rings (SSSR count). The molecule has 0 aliphatic rings. The number of hydrogen-bond donors (Lipinski definition) is 2. The molecule has 0 aliphatic carbocycles. The molecule has 9 heteroatoms. The molecule has 0 aliphatic heterocycles. The van der Waals surface area contributed by atoms with Gasteiger partial charge in [-0.3, -0.25) is 20.2 Å². The van der Waals surface area contributed by atoms with Gasteiger partial charge in [-0.2, -0.15) is 0 Å². The summed E-state index contributed by atoms with van der Waals surface area (Å²) in [6, 6.07) is 11.5. The smallest absolute Gasteiger partial charge is 0.293 e. The Morgan fingerprint density at radius 1 is 1.27 bits per heavy atom. The van der Waals surface area contributed by atoms with Gasteiger partial charge in [-0.15, -0.1) is 11.3 Å². The fraction of sp³-hybridized carbons (Fsp3) is 0.0588. The number of anilines is 2. The highest BCUT2D eigenvalue weighted by molar-refractivity contribution is 7.13. The number of hydrogen-bond acceptors (Lipinski definition) is 6. The molecular weight excluding hydrogens is 376 g/mol. The first-order chi connectivity index (χ1) is 12.5. The Morgan fingerprint density at radius 3 is 2.77 bits per heavy atom. The number of aromatic nitrogens is 1. The third kappa shape index (κ3) is 4.16. The Labute approximate surface area is 157 Å². The van der Waals surface area contributed by atoms with Crippen molar-refractivity contribution in [1.29, 1.82) is 0 Å². The first kappa shape index (κ1) is 17.8. The number of rotatable bonds is 6. The molecule has 132 valence electrons. The molecule has 2 aromatic carbocycles. The summed E-state index contributed by atoms with van der Waals surface area (Å²) < 4.78 is 0. The Morgan fingerprint density at radius 2 is 2.08 bits per heavy atom. The molecule has 1 amide bonds. The summed E-state index contributed by atoms with van der Waals surface area (Å²) in [5.74, 6) is -0.458. The van der Waals surface area contributed by atoms with Crippen LogP contribution in [0.3, 0.4) is 0 Å². The maximum absolute atomic E-state index is 12.2. The van der Waals surface area contributed by atoms with E-state index in [-0.39, 0.29) is 11.3 Å². The van der Waals surface area contributed by atoms with Gasteiger partial charge in [0.05, 0.1) is 4.92 Å². The Hall–Kier alpha value is -2.97. The topological polar surface area (TPSA) is 97.2 Å². The second-order valence-electron chi connectivity index (χ2n) is 5.23. The summed E-state index contributed by atoms with van der Waals surface area (Å²) in [6.45, 7) is 0.325. The zero-order valence-electron chi connectivity index (χ0n) is 13.3. The molecular formula is C17H13ClN4O3S. The van der Waals surface area contributed by atoms with Crippen LogP contribution < -0.4 is 10.6 Å². The zero-order chi connectivity index (χ0) is 18.5. The van der Waals surface area contributed by atoms with E-state index in [2.05, 4.69) is 15.6 Å². The average molecular weight is 389 g/mol. The highest BCUT2D eigenvalue weighted by Crippen LogP contribution is 2.27. The van der Waals surface area contributed by atoms with Crippen LogP contribution in [-0.4, -0.2) is 15.8 Å². The number of benzene rings is 2. The standard InChI is InChI=1S/C17H13ClN4O3S/c18-13-4-2-1-3-12(13)10-20-14-6-5-11(9-15(14)22(24)25)16(23)21-17-19-7-8-26-17/h1-9,20H,10H2,(H,19,21,23). The number of nitrogens with zero attached hydrogens (tertiary/aromatic N) is 2. The second-order valence-corrected chi connectivity index (χ2v) is 6.53. The van der Waals surface area contributed by atoms with E-state index in [1.54, 1.807) is 17.6 Å². The Balaban J connectivity index is 1.79. The number of nitro benzene ring substituents is 1. The van der Waals surface area contributed by atoms with Gasteiger partial charge < -0.3 is 5.32 Å². The lowest BCUT2D eigenvalue weighted by Crippen LogP contribution is -2.12. The zero-order valence-corrected chi connectivity index (χ0v) is 14.9. The van der Waals surface area contributed by atoms with Crippen LogP contribution in [0.25, 0.3) is 0 Å². The van der Waals surface area contributed by atoms with Gasteiger partial charge in [-0.25, -0.2) is 4.98 Å². The number of carbonyl (C=O) groups excluding carboxylic acids is 1. The van der Waals surface area contributed by atoms with Crippen molar-refractivity contribution in [2.45, 2.75) is 6.54 Å². The molecule has 0 unspecified atom stereocenters. The van der Waals surface area contributed by atoms with Crippen LogP contribution in [0.15, 0.2) is 54.0 Å². The Bertz CT molecular complexity index is 947. The largest absolute Gasteiger partial charge is 0.375 e. The van der Waals surface area contributed by atoms with Gasteiger partial charge in [-0.1, -0.05) is 29.8 Å². The normalized spacial score (nSPS) is 10.3.